The van der Waals surface area contributed by atoms with E-state index in [4.69, 9.17) is 4.74 Å². The molecule has 0 spiro atoms. The highest BCUT2D eigenvalue weighted by molar-refractivity contribution is 5.61. The molecule has 0 bridgehead atoms. The number of unbranched alkanes of at least 4 members (excludes halogenated alkanes) is 1. The Bertz CT molecular complexity index is 986. The van der Waals surface area contributed by atoms with E-state index in [2.05, 4.69) is 42.9 Å². The van der Waals surface area contributed by atoms with E-state index in [1.165, 1.54) is 23.7 Å². The van der Waals surface area contributed by atoms with Crippen molar-refractivity contribution >= 4 is 11.5 Å². The van der Waals surface area contributed by atoms with Crippen LogP contribution < -0.4 is 14.5 Å². The van der Waals surface area contributed by atoms with Crippen LogP contribution >= 0.6 is 0 Å². The van der Waals surface area contributed by atoms with Gasteiger partial charge >= 0.3 is 0 Å². The number of anilines is 2. The Morgan fingerprint density at radius 3 is 2.43 bits per heavy atom. The fourth-order valence-corrected chi connectivity index (χ4v) is 4.99. The highest BCUT2D eigenvalue weighted by Crippen LogP contribution is 2.34. The number of alkyl halides is 2. The van der Waals surface area contributed by atoms with Crippen molar-refractivity contribution in [3.05, 3.63) is 41.3 Å². The second kappa shape index (κ2) is 11.1. The van der Waals surface area contributed by atoms with Gasteiger partial charge < -0.3 is 14.5 Å². The van der Waals surface area contributed by atoms with E-state index in [-0.39, 0.29) is 11.1 Å². The van der Waals surface area contributed by atoms with Crippen molar-refractivity contribution in [2.24, 2.45) is 0 Å². The molecule has 192 valence electrons. The first-order valence-electron chi connectivity index (χ1n) is 12.8. The average Bonchev–Trinajstić information content (AvgIpc) is 2.85. The quantitative estimate of drug-likeness (QED) is 0.484. The van der Waals surface area contributed by atoms with Crippen LogP contribution in [0, 0.1) is 0 Å². The third-order valence-electron chi connectivity index (χ3n) is 7.00. The second-order valence-corrected chi connectivity index (χ2v) is 10.6. The van der Waals surface area contributed by atoms with Gasteiger partial charge in [-0.1, -0.05) is 26.8 Å². The van der Waals surface area contributed by atoms with E-state index in [1.807, 2.05) is 20.8 Å². The monoisotopic (exact) mass is 487 g/mol. The van der Waals surface area contributed by atoms with Gasteiger partial charge in [0, 0.05) is 62.0 Å². The number of rotatable bonds is 8. The number of fused-ring (bicyclic) bond motifs is 1. The topological polar surface area (TPSA) is 44.7 Å². The zero-order chi connectivity index (χ0) is 25.0. The molecule has 2 aliphatic rings. The lowest BCUT2D eigenvalue weighted by Crippen LogP contribution is -2.47. The van der Waals surface area contributed by atoms with Gasteiger partial charge in [0.1, 0.15) is 23.1 Å². The summed E-state index contributed by atoms with van der Waals surface area (Å²) in [5, 5.41) is 0. The van der Waals surface area contributed by atoms with Crippen LogP contribution in [-0.2, 0) is 11.8 Å². The third kappa shape index (κ3) is 6.21. The summed E-state index contributed by atoms with van der Waals surface area (Å²) in [6, 6.07) is 7.82. The molecule has 0 atom stereocenters. The Kier molecular flexibility index (Phi) is 8.09. The van der Waals surface area contributed by atoms with Gasteiger partial charge in [-0.2, -0.15) is 0 Å². The fourth-order valence-electron chi connectivity index (χ4n) is 4.99. The highest BCUT2D eigenvalue weighted by Gasteiger charge is 2.25. The Hall–Kier alpha value is -2.48. The normalized spacial score (nSPS) is 17.1. The number of aromatic nitrogens is 2. The summed E-state index contributed by atoms with van der Waals surface area (Å²) in [5.41, 5.74) is 2.11. The summed E-state index contributed by atoms with van der Waals surface area (Å²) in [5.74, 6) is 2.10. The van der Waals surface area contributed by atoms with Crippen LogP contribution in [0.3, 0.4) is 0 Å². The predicted molar refractivity (Wildman–Crippen MR) is 137 cm³/mol. The van der Waals surface area contributed by atoms with Crippen molar-refractivity contribution in [3.63, 3.8) is 0 Å². The van der Waals surface area contributed by atoms with Gasteiger partial charge in [-0.25, -0.2) is 18.7 Å². The van der Waals surface area contributed by atoms with Gasteiger partial charge in [-0.3, -0.25) is 4.90 Å². The largest absolute Gasteiger partial charge is 0.496 e. The fraction of sp³-hybridized carbons (Fsp3) is 0.630. The summed E-state index contributed by atoms with van der Waals surface area (Å²) in [7, 11) is 1.75. The standard InChI is InChI=1S/C27H39F2N5O/c1-27(2,3)26-30-21(25(28)29)19-24(31-26)34-17-15-32(16-18-34)12-5-6-13-33-14-8-9-20-22(33)10-7-11-23(20)35-4/h7,10-11,19,25H,5-6,8-9,12-18H2,1-4H3. The van der Waals surface area contributed by atoms with E-state index < -0.39 is 6.43 Å². The van der Waals surface area contributed by atoms with Crippen molar-refractivity contribution in [1.29, 1.82) is 0 Å². The zero-order valence-electron chi connectivity index (χ0n) is 21.6. The summed E-state index contributed by atoms with van der Waals surface area (Å²) in [6.07, 6.45) is 1.96. The Balaban J connectivity index is 1.26. The maximum Gasteiger partial charge on any atom is 0.280 e. The van der Waals surface area contributed by atoms with Gasteiger partial charge in [-0.05, 0) is 44.4 Å². The molecule has 0 aliphatic carbocycles. The number of hydrogen-bond acceptors (Lipinski definition) is 6. The zero-order valence-corrected chi connectivity index (χ0v) is 21.6. The number of hydrogen-bond donors (Lipinski definition) is 0. The van der Waals surface area contributed by atoms with Crippen molar-refractivity contribution in [1.82, 2.24) is 14.9 Å². The number of methoxy groups -OCH3 is 1. The summed E-state index contributed by atoms with van der Waals surface area (Å²) in [4.78, 5) is 15.9. The van der Waals surface area contributed by atoms with Crippen LogP contribution in [0.5, 0.6) is 5.75 Å². The molecule has 0 amide bonds. The highest BCUT2D eigenvalue weighted by atomic mass is 19.3. The number of benzene rings is 1. The van der Waals surface area contributed by atoms with Gasteiger partial charge in [0.2, 0.25) is 0 Å². The van der Waals surface area contributed by atoms with E-state index in [0.717, 1.165) is 70.8 Å². The Labute approximate surface area is 208 Å². The molecule has 4 rings (SSSR count). The molecule has 2 aromatic rings. The van der Waals surface area contributed by atoms with Crippen molar-refractivity contribution in [2.45, 2.75) is 58.3 Å². The molecule has 0 saturated carbocycles. The molecule has 0 N–H and O–H groups in total. The minimum Gasteiger partial charge on any atom is -0.496 e. The Morgan fingerprint density at radius 2 is 1.74 bits per heavy atom. The van der Waals surface area contributed by atoms with Crippen molar-refractivity contribution in [3.8, 4) is 5.75 Å². The molecule has 1 saturated heterocycles. The number of halogens is 2. The molecule has 3 heterocycles. The SMILES string of the molecule is COc1cccc2c1CCCN2CCCCN1CCN(c2cc(C(F)F)nc(C(C)(C)C)n2)CC1. The predicted octanol–water partition coefficient (Wildman–Crippen LogP) is 5.08. The summed E-state index contributed by atoms with van der Waals surface area (Å²) < 4.78 is 32.5. The maximum atomic E-state index is 13.4. The van der Waals surface area contributed by atoms with E-state index >= 15 is 0 Å². The van der Waals surface area contributed by atoms with Crippen LogP contribution in [0.2, 0.25) is 0 Å². The lowest BCUT2D eigenvalue weighted by atomic mass is 9.95. The molecule has 0 radical (unpaired) electrons. The third-order valence-corrected chi connectivity index (χ3v) is 7.00. The van der Waals surface area contributed by atoms with Gasteiger partial charge in [-0.15, -0.1) is 0 Å². The van der Waals surface area contributed by atoms with Crippen LogP contribution in [0.4, 0.5) is 20.3 Å². The first kappa shape index (κ1) is 25.6. The van der Waals surface area contributed by atoms with Gasteiger partial charge in [0.15, 0.2) is 0 Å². The molecule has 8 heteroatoms. The second-order valence-electron chi connectivity index (χ2n) is 10.6. The molecular weight excluding hydrogens is 448 g/mol. The molecular formula is C27H39F2N5O. The lowest BCUT2D eigenvalue weighted by molar-refractivity contribution is 0.145. The van der Waals surface area contributed by atoms with E-state index in [9.17, 15) is 8.78 Å². The van der Waals surface area contributed by atoms with Gasteiger partial charge in [0.05, 0.1) is 7.11 Å². The van der Waals surface area contributed by atoms with Crippen LogP contribution in [0.15, 0.2) is 24.3 Å². The van der Waals surface area contributed by atoms with Crippen LogP contribution in [0.1, 0.15) is 63.5 Å². The smallest absolute Gasteiger partial charge is 0.280 e. The molecule has 1 fully saturated rings. The minimum absolute atomic E-state index is 0.181. The molecule has 1 aromatic heterocycles. The van der Waals surface area contributed by atoms with Crippen LogP contribution in [0.25, 0.3) is 0 Å². The number of piperazine rings is 1. The van der Waals surface area contributed by atoms with Crippen molar-refractivity contribution < 1.29 is 13.5 Å². The molecule has 35 heavy (non-hydrogen) atoms. The van der Waals surface area contributed by atoms with E-state index in [1.54, 1.807) is 7.11 Å². The number of nitrogens with zero attached hydrogens (tertiary/aromatic N) is 5. The summed E-state index contributed by atoms with van der Waals surface area (Å²) in [6.45, 7) is 12.5. The lowest BCUT2D eigenvalue weighted by Gasteiger charge is -2.36. The number of ether oxygens (including phenoxy) is 1. The van der Waals surface area contributed by atoms with Gasteiger partial charge in [0.25, 0.3) is 6.43 Å². The van der Waals surface area contributed by atoms with Crippen molar-refractivity contribution in [2.75, 3.05) is 62.7 Å². The first-order valence-corrected chi connectivity index (χ1v) is 12.8. The average molecular weight is 488 g/mol. The Morgan fingerprint density at radius 1 is 1.00 bits per heavy atom. The van der Waals surface area contributed by atoms with Crippen LogP contribution in [-0.4, -0.2) is 67.8 Å². The first-order chi connectivity index (χ1) is 16.8. The molecule has 1 aromatic carbocycles. The molecule has 0 unspecified atom stereocenters. The molecule has 6 nitrogen and oxygen atoms in total. The maximum absolute atomic E-state index is 13.4. The summed E-state index contributed by atoms with van der Waals surface area (Å²) >= 11 is 0. The molecule has 2 aliphatic heterocycles. The van der Waals surface area contributed by atoms with E-state index in [0.29, 0.717) is 11.6 Å². The minimum atomic E-state index is -2.59.